The molecule has 4 heteroatoms. The molecule has 82 valence electrons. The van der Waals surface area contributed by atoms with Crippen molar-refractivity contribution in [3.63, 3.8) is 0 Å². The maximum absolute atomic E-state index is 11.4. The molecule has 2 aliphatic rings. The second-order valence-electron chi connectivity index (χ2n) is 4.67. The minimum Gasteiger partial charge on any atom is -0.332 e. The lowest BCUT2D eigenvalue weighted by atomic mass is 10.2. The van der Waals surface area contributed by atoms with Gasteiger partial charge in [0.05, 0.1) is 18.8 Å². The van der Waals surface area contributed by atoms with E-state index in [9.17, 15) is 8.42 Å². The first kappa shape index (κ1) is 10.4. The molecule has 0 radical (unpaired) electrons. The highest BCUT2D eigenvalue weighted by molar-refractivity contribution is 7.91. The molecule has 0 amide bonds. The van der Waals surface area contributed by atoms with Gasteiger partial charge in [0.25, 0.3) is 0 Å². The highest BCUT2D eigenvalue weighted by Crippen LogP contribution is 2.10. The van der Waals surface area contributed by atoms with E-state index in [-0.39, 0.29) is 0 Å². The van der Waals surface area contributed by atoms with Crippen LogP contribution in [-0.2, 0) is 9.84 Å². The molecule has 2 fully saturated rings. The molecule has 14 heavy (non-hydrogen) atoms. The highest BCUT2D eigenvalue weighted by Gasteiger charge is 2.35. The van der Waals surface area contributed by atoms with Crippen LogP contribution in [0.15, 0.2) is 0 Å². The Kier molecular flexibility index (Phi) is 3.12. The normalized spacial score (nSPS) is 34.1. The molecule has 2 rings (SSSR count). The van der Waals surface area contributed by atoms with Gasteiger partial charge in [-0.1, -0.05) is 0 Å². The summed E-state index contributed by atoms with van der Waals surface area (Å²) in [5.41, 5.74) is 0. The molecule has 0 spiro atoms. The van der Waals surface area contributed by atoms with Gasteiger partial charge in [0.1, 0.15) is 11.8 Å². The molecule has 0 aliphatic carbocycles. The molecule has 2 aliphatic heterocycles. The van der Waals surface area contributed by atoms with Crippen LogP contribution in [0, 0.1) is 0 Å². The third-order valence-electron chi connectivity index (χ3n) is 3.56. The zero-order valence-electron chi connectivity index (χ0n) is 8.67. The van der Waals surface area contributed by atoms with Crippen LogP contribution < -0.4 is 4.90 Å². The molecule has 1 N–H and O–H groups in total. The summed E-state index contributed by atoms with van der Waals surface area (Å²) >= 11 is 0. The van der Waals surface area contributed by atoms with Crippen molar-refractivity contribution in [3.05, 3.63) is 0 Å². The summed E-state index contributed by atoms with van der Waals surface area (Å²) in [6, 6.07) is 0.415. The van der Waals surface area contributed by atoms with Gasteiger partial charge in [-0.05, 0) is 25.7 Å². The maximum atomic E-state index is 11.4. The van der Waals surface area contributed by atoms with Gasteiger partial charge >= 0.3 is 0 Å². The SMILES string of the molecule is O=S1(=O)CC[C@H]([NH+]2CCCCCC2)C1. The van der Waals surface area contributed by atoms with Crippen molar-refractivity contribution in [1.82, 2.24) is 0 Å². The molecule has 2 saturated heterocycles. The van der Waals surface area contributed by atoms with Crippen LogP contribution in [0.2, 0.25) is 0 Å². The van der Waals surface area contributed by atoms with Gasteiger partial charge in [0.2, 0.25) is 0 Å². The summed E-state index contributed by atoms with van der Waals surface area (Å²) in [5, 5.41) is 0. The minimum absolute atomic E-state index is 0.415. The van der Waals surface area contributed by atoms with E-state index >= 15 is 0 Å². The first-order valence-electron chi connectivity index (χ1n) is 5.72. The third-order valence-corrected chi connectivity index (χ3v) is 5.32. The number of quaternary nitrogens is 1. The molecule has 3 nitrogen and oxygen atoms in total. The summed E-state index contributed by atoms with van der Waals surface area (Å²) in [5.74, 6) is 0.878. The van der Waals surface area contributed by atoms with Crippen molar-refractivity contribution < 1.29 is 13.3 Å². The molecule has 1 atom stereocenters. The Labute approximate surface area is 86.4 Å². The smallest absolute Gasteiger partial charge is 0.156 e. The van der Waals surface area contributed by atoms with Crippen LogP contribution in [0.25, 0.3) is 0 Å². The lowest BCUT2D eigenvalue weighted by molar-refractivity contribution is -0.921. The average Bonchev–Trinajstić information content (AvgIpc) is 2.42. The monoisotopic (exact) mass is 218 g/mol. The van der Waals surface area contributed by atoms with E-state index in [1.165, 1.54) is 38.8 Å². The summed E-state index contributed by atoms with van der Waals surface area (Å²) in [6.45, 7) is 2.39. The Morgan fingerprint density at radius 2 is 1.64 bits per heavy atom. The Hall–Kier alpha value is -0.0900. The number of likely N-dealkylation sites (tertiary alicyclic amines) is 1. The molecule has 0 saturated carbocycles. The van der Waals surface area contributed by atoms with Crippen molar-refractivity contribution in [2.75, 3.05) is 24.6 Å². The fourth-order valence-electron chi connectivity index (χ4n) is 2.71. The van der Waals surface area contributed by atoms with Gasteiger partial charge in [0, 0.05) is 6.42 Å². The molecular weight excluding hydrogens is 198 g/mol. The topological polar surface area (TPSA) is 38.6 Å². The second-order valence-corrected chi connectivity index (χ2v) is 6.90. The third kappa shape index (κ3) is 2.48. The fourth-order valence-corrected chi connectivity index (χ4v) is 4.53. The van der Waals surface area contributed by atoms with E-state index in [0.29, 0.717) is 17.5 Å². The summed E-state index contributed by atoms with van der Waals surface area (Å²) in [7, 11) is -2.68. The van der Waals surface area contributed by atoms with Crippen LogP contribution in [0.4, 0.5) is 0 Å². The Morgan fingerprint density at radius 1 is 1.00 bits per heavy atom. The van der Waals surface area contributed by atoms with Gasteiger partial charge in [-0.25, -0.2) is 8.42 Å². The first-order chi connectivity index (χ1) is 6.67. The lowest BCUT2D eigenvalue weighted by Gasteiger charge is -2.22. The Morgan fingerprint density at radius 3 is 2.14 bits per heavy atom. The van der Waals surface area contributed by atoms with Gasteiger partial charge in [-0.15, -0.1) is 0 Å². The van der Waals surface area contributed by atoms with Crippen LogP contribution >= 0.6 is 0 Å². The van der Waals surface area contributed by atoms with Crippen LogP contribution in [0.1, 0.15) is 32.1 Å². The fraction of sp³-hybridized carbons (Fsp3) is 1.00. The van der Waals surface area contributed by atoms with Gasteiger partial charge in [-0.3, -0.25) is 0 Å². The van der Waals surface area contributed by atoms with Gasteiger partial charge in [-0.2, -0.15) is 0 Å². The number of sulfone groups is 1. The largest absolute Gasteiger partial charge is 0.332 e. The number of rotatable bonds is 1. The summed E-state index contributed by atoms with van der Waals surface area (Å²) in [4.78, 5) is 1.56. The van der Waals surface area contributed by atoms with Gasteiger partial charge < -0.3 is 4.90 Å². The van der Waals surface area contributed by atoms with Crippen LogP contribution in [-0.4, -0.2) is 39.1 Å². The number of nitrogens with one attached hydrogen (secondary N) is 1. The Bertz CT molecular complexity index is 278. The standard InChI is InChI=1S/C10H19NO2S/c12-14(13)8-5-10(9-14)11-6-3-1-2-4-7-11/h10H,1-9H2/p+1/t10-/m0/s1. The molecule has 0 bridgehead atoms. The molecule has 0 aromatic heterocycles. The first-order valence-corrected chi connectivity index (χ1v) is 7.54. The lowest BCUT2D eigenvalue weighted by Crippen LogP contribution is -3.16. The summed E-state index contributed by atoms with van der Waals surface area (Å²) < 4.78 is 22.7. The maximum Gasteiger partial charge on any atom is 0.156 e. The zero-order chi connectivity index (χ0) is 10.0. The van der Waals surface area contributed by atoms with Crippen molar-refractivity contribution in [2.24, 2.45) is 0 Å². The van der Waals surface area contributed by atoms with E-state index in [2.05, 4.69) is 0 Å². The predicted octanol–water partition coefficient (Wildman–Crippen LogP) is -0.368. The van der Waals surface area contributed by atoms with Crippen LogP contribution in [0.5, 0.6) is 0 Å². The average molecular weight is 218 g/mol. The molecule has 0 aromatic rings. The van der Waals surface area contributed by atoms with Crippen molar-refractivity contribution in [1.29, 1.82) is 0 Å². The molecule has 0 aromatic carbocycles. The second kappa shape index (κ2) is 4.19. The number of hydrogen-bond donors (Lipinski definition) is 1. The Balaban J connectivity index is 1.94. The molecule has 0 unspecified atom stereocenters. The van der Waals surface area contributed by atoms with E-state index < -0.39 is 9.84 Å². The minimum atomic E-state index is -2.68. The van der Waals surface area contributed by atoms with Crippen molar-refractivity contribution in [3.8, 4) is 0 Å². The highest BCUT2D eigenvalue weighted by atomic mass is 32.2. The summed E-state index contributed by atoms with van der Waals surface area (Å²) in [6.07, 6.45) is 6.14. The van der Waals surface area contributed by atoms with Crippen LogP contribution in [0.3, 0.4) is 0 Å². The van der Waals surface area contributed by atoms with Crippen molar-refractivity contribution in [2.45, 2.75) is 38.1 Å². The van der Waals surface area contributed by atoms with E-state index in [0.717, 1.165) is 6.42 Å². The quantitative estimate of drug-likeness (QED) is 0.652. The van der Waals surface area contributed by atoms with Gasteiger partial charge in [0.15, 0.2) is 9.84 Å². The van der Waals surface area contributed by atoms with E-state index in [1.807, 2.05) is 0 Å². The molecule has 2 heterocycles. The van der Waals surface area contributed by atoms with E-state index in [4.69, 9.17) is 0 Å². The number of hydrogen-bond acceptors (Lipinski definition) is 2. The predicted molar refractivity (Wildman–Crippen MR) is 56.2 cm³/mol. The van der Waals surface area contributed by atoms with E-state index in [1.54, 1.807) is 4.90 Å². The molecular formula is C10H20NO2S+. The zero-order valence-corrected chi connectivity index (χ0v) is 9.48. The van der Waals surface area contributed by atoms with Crippen molar-refractivity contribution >= 4 is 9.84 Å².